The molecule has 9 heteroatoms. The Hall–Kier alpha value is -2.13. The standard InChI is InChI=1S/C19H22N4O3S.ClH/c1-22-17-8-7-14(11-18(17)23(2)19(22)24)27(25,26)21-12-16-15-6-4-3-5-13(15)9-10-20-16;/h3-8,11,16,20-21H,9-10,12H2,1-2H3;1H. The highest BCUT2D eigenvalue weighted by Crippen LogP contribution is 2.23. The molecule has 0 aliphatic carbocycles. The highest BCUT2D eigenvalue weighted by Gasteiger charge is 2.23. The first-order valence-electron chi connectivity index (χ1n) is 8.85. The van der Waals surface area contributed by atoms with Crippen molar-refractivity contribution in [1.82, 2.24) is 19.2 Å². The Balaban J connectivity index is 0.00000225. The molecule has 1 unspecified atom stereocenters. The third-order valence-electron chi connectivity index (χ3n) is 5.25. The number of sulfonamides is 1. The molecular formula is C19H23ClN4O3S. The van der Waals surface area contributed by atoms with Crippen LogP contribution in [0, 0.1) is 0 Å². The van der Waals surface area contributed by atoms with Gasteiger partial charge in [0.25, 0.3) is 0 Å². The van der Waals surface area contributed by atoms with Crippen LogP contribution in [0.5, 0.6) is 0 Å². The molecule has 1 aliphatic heterocycles. The van der Waals surface area contributed by atoms with Gasteiger partial charge in [-0.05, 0) is 42.3 Å². The number of nitrogens with zero attached hydrogens (tertiary/aromatic N) is 2. The fraction of sp³-hybridized carbons (Fsp3) is 0.316. The normalized spacial score (nSPS) is 16.6. The van der Waals surface area contributed by atoms with E-state index >= 15 is 0 Å². The predicted octanol–water partition coefficient (Wildman–Crippen LogP) is 1.46. The lowest BCUT2D eigenvalue weighted by molar-refractivity contribution is 0.491. The number of benzene rings is 2. The molecule has 3 aromatic rings. The van der Waals surface area contributed by atoms with E-state index in [-0.39, 0.29) is 35.6 Å². The second-order valence-corrected chi connectivity index (χ2v) is 8.63. The number of rotatable bonds is 4. The van der Waals surface area contributed by atoms with Crippen LogP contribution in [0.25, 0.3) is 11.0 Å². The Morgan fingerprint density at radius 3 is 2.61 bits per heavy atom. The molecule has 7 nitrogen and oxygen atoms in total. The van der Waals surface area contributed by atoms with Gasteiger partial charge >= 0.3 is 5.69 Å². The van der Waals surface area contributed by atoms with Gasteiger partial charge in [0, 0.05) is 26.7 Å². The van der Waals surface area contributed by atoms with Gasteiger partial charge in [-0.15, -0.1) is 12.4 Å². The average Bonchev–Trinajstić information content (AvgIpc) is 2.90. The lowest BCUT2D eigenvalue weighted by atomic mass is 9.95. The van der Waals surface area contributed by atoms with Crippen LogP contribution in [0.15, 0.2) is 52.2 Å². The Kier molecular flexibility index (Phi) is 5.67. The topological polar surface area (TPSA) is 85.1 Å². The summed E-state index contributed by atoms with van der Waals surface area (Å²) in [6.07, 6.45) is 0.943. The van der Waals surface area contributed by atoms with Crippen LogP contribution in [-0.4, -0.2) is 30.6 Å². The molecule has 1 aliphatic rings. The zero-order valence-corrected chi connectivity index (χ0v) is 17.3. The number of aromatic nitrogens is 2. The molecule has 2 heterocycles. The largest absolute Gasteiger partial charge is 0.328 e. The summed E-state index contributed by atoms with van der Waals surface area (Å²) in [7, 11) is -0.382. The van der Waals surface area contributed by atoms with Crippen molar-refractivity contribution in [1.29, 1.82) is 0 Å². The summed E-state index contributed by atoms with van der Waals surface area (Å²) in [6.45, 7) is 1.09. The summed E-state index contributed by atoms with van der Waals surface area (Å²) < 4.78 is 31.3. The average molecular weight is 423 g/mol. The molecule has 150 valence electrons. The minimum Gasteiger partial charge on any atom is -0.308 e. The van der Waals surface area contributed by atoms with Gasteiger partial charge in [0.15, 0.2) is 0 Å². The lowest BCUT2D eigenvalue weighted by Crippen LogP contribution is -2.38. The Morgan fingerprint density at radius 1 is 1.11 bits per heavy atom. The van der Waals surface area contributed by atoms with E-state index in [0.717, 1.165) is 18.5 Å². The maximum absolute atomic E-state index is 12.8. The minimum absolute atomic E-state index is 0. The number of fused-ring (bicyclic) bond motifs is 2. The van der Waals surface area contributed by atoms with Gasteiger partial charge in [-0.3, -0.25) is 9.13 Å². The molecule has 0 saturated heterocycles. The van der Waals surface area contributed by atoms with Crippen molar-refractivity contribution < 1.29 is 8.42 Å². The lowest BCUT2D eigenvalue weighted by Gasteiger charge is -2.27. The second kappa shape index (κ2) is 7.71. The molecule has 2 N–H and O–H groups in total. The van der Waals surface area contributed by atoms with Crippen molar-refractivity contribution in [3.05, 3.63) is 64.1 Å². The summed E-state index contributed by atoms with van der Waals surface area (Å²) in [4.78, 5) is 12.2. The van der Waals surface area contributed by atoms with Gasteiger partial charge in [-0.1, -0.05) is 24.3 Å². The molecule has 1 atom stereocenters. The van der Waals surface area contributed by atoms with Crippen LogP contribution >= 0.6 is 12.4 Å². The monoisotopic (exact) mass is 422 g/mol. The van der Waals surface area contributed by atoms with Crippen molar-refractivity contribution >= 4 is 33.5 Å². The van der Waals surface area contributed by atoms with E-state index in [1.807, 2.05) is 18.2 Å². The minimum atomic E-state index is -3.69. The molecule has 2 aromatic carbocycles. The first-order chi connectivity index (χ1) is 12.9. The number of aryl methyl sites for hydroxylation is 2. The molecule has 0 amide bonds. The Morgan fingerprint density at radius 2 is 1.82 bits per heavy atom. The number of halogens is 1. The van der Waals surface area contributed by atoms with E-state index in [0.29, 0.717) is 11.0 Å². The quantitative estimate of drug-likeness (QED) is 0.666. The maximum atomic E-state index is 12.8. The molecule has 0 spiro atoms. The van der Waals surface area contributed by atoms with Crippen LogP contribution in [0.4, 0.5) is 0 Å². The number of nitrogens with one attached hydrogen (secondary N) is 2. The summed E-state index contributed by atoms with van der Waals surface area (Å²) in [5.41, 5.74) is 3.49. The van der Waals surface area contributed by atoms with E-state index in [2.05, 4.69) is 16.1 Å². The SMILES string of the molecule is Cl.Cn1c(=O)n(C)c2cc(S(=O)(=O)NCC3NCCc4ccccc43)ccc21. The van der Waals surface area contributed by atoms with Crippen molar-refractivity contribution in [3.8, 4) is 0 Å². The van der Waals surface area contributed by atoms with Crippen LogP contribution < -0.4 is 15.7 Å². The van der Waals surface area contributed by atoms with E-state index in [4.69, 9.17) is 0 Å². The third kappa shape index (κ3) is 3.48. The van der Waals surface area contributed by atoms with Crippen LogP contribution in [-0.2, 0) is 30.5 Å². The molecule has 28 heavy (non-hydrogen) atoms. The van der Waals surface area contributed by atoms with E-state index in [1.54, 1.807) is 26.2 Å². The van der Waals surface area contributed by atoms with Crippen molar-refractivity contribution in [3.63, 3.8) is 0 Å². The maximum Gasteiger partial charge on any atom is 0.328 e. The number of hydrogen-bond donors (Lipinski definition) is 2. The highest BCUT2D eigenvalue weighted by atomic mass is 35.5. The van der Waals surface area contributed by atoms with Crippen molar-refractivity contribution in [2.24, 2.45) is 14.1 Å². The van der Waals surface area contributed by atoms with Crippen LogP contribution in [0.1, 0.15) is 17.2 Å². The molecular weight excluding hydrogens is 400 g/mol. The number of hydrogen-bond acceptors (Lipinski definition) is 4. The van der Waals surface area contributed by atoms with Gasteiger partial charge in [0.2, 0.25) is 10.0 Å². The van der Waals surface area contributed by atoms with E-state index < -0.39 is 10.0 Å². The first-order valence-corrected chi connectivity index (χ1v) is 10.3. The summed E-state index contributed by atoms with van der Waals surface area (Å²) >= 11 is 0. The van der Waals surface area contributed by atoms with Crippen molar-refractivity contribution in [2.45, 2.75) is 17.4 Å². The fourth-order valence-electron chi connectivity index (χ4n) is 3.71. The zero-order valence-electron chi connectivity index (χ0n) is 15.7. The molecule has 0 bridgehead atoms. The molecule has 0 saturated carbocycles. The zero-order chi connectivity index (χ0) is 19.2. The second-order valence-electron chi connectivity index (χ2n) is 6.86. The van der Waals surface area contributed by atoms with Gasteiger partial charge < -0.3 is 5.32 Å². The predicted molar refractivity (Wildman–Crippen MR) is 111 cm³/mol. The van der Waals surface area contributed by atoms with E-state index in [1.165, 1.54) is 20.8 Å². The van der Waals surface area contributed by atoms with Gasteiger partial charge in [-0.25, -0.2) is 17.9 Å². The molecule has 4 rings (SSSR count). The summed E-state index contributed by atoms with van der Waals surface area (Å²) in [5, 5.41) is 3.37. The van der Waals surface area contributed by atoms with Gasteiger partial charge in [-0.2, -0.15) is 0 Å². The Bertz CT molecular complexity index is 1180. The smallest absolute Gasteiger partial charge is 0.308 e. The first kappa shape index (κ1) is 20.6. The highest BCUT2D eigenvalue weighted by molar-refractivity contribution is 7.89. The fourth-order valence-corrected chi connectivity index (χ4v) is 4.77. The van der Waals surface area contributed by atoms with E-state index in [9.17, 15) is 13.2 Å². The summed E-state index contributed by atoms with van der Waals surface area (Å²) in [6, 6.07) is 12.8. The summed E-state index contributed by atoms with van der Waals surface area (Å²) in [5.74, 6) is 0. The van der Waals surface area contributed by atoms with Gasteiger partial charge in [0.1, 0.15) is 0 Å². The van der Waals surface area contributed by atoms with Crippen LogP contribution in [0.2, 0.25) is 0 Å². The van der Waals surface area contributed by atoms with Crippen molar-refractivity contribution in [2.75, 3.05) is 13.1 Å². The molecule has 0 fully saturated rings. The number of imidazole rings is 1. The molecule has 0 radical (unpaired) electrons. The van der Waals surface area contributed by atoms with Gasteiger partial charge in [0.05, 0.1) is 15.9 Å². The molecule has 1 aromatic heterocycles. The Labute approximate surface area is 169 Å². The van der Waals surface area contributed by atoms with Crippen LogP contribution in [0.3, 0.4) is 0 Å². The third-order valence-corrected chi connectivity index (χ3v) is 6.67.